The van der Waals surface area contributed by atoms with Crippen LogP contribution in [0.3, 0.4) is 0 Å². The van der Waals surface area contributed by atoms with Crippen molar-refractivity contribution in [1.29, 1.82) is 0 Å². The van der Waals surface area contributed by atoms with E-state index in [2.05, 4.69) is 10.3 Å². The standard InChI is InChI=1S/C15H24N4O/c1-9(2)8-12(18-15(16)17)14(20)19-13-10(3)6-5-7-11(13)4/h5-7,9,12H,8H2,1-4H3,(H,19,20)(H4,16,17,18)/t12-/m0/s1. The van der Waals surface area contributed by atoms with Gasteiger partial charge in [0.2, 0.25) is 5.91 Å². The lowest BCUT2D eigenvalue weighted by Gasteiger charge is -2.17. The van der Waals surface area contributed by atoms with Crippen molar-refractivity contribution in [3.05, 3.63) is 29.3 Å². The monoisotopic (exact) mass is 276 g/mol. The topological polar surface area (TPSA) is 93.5 Å². The number of aryl methyl sites for hydroxylation is 2. The highest BCUT2D eigenvalue weighted by Crippen LogP contribution is 2.20. The fourth-order valence-corrected chi connectivity index (χ4v) is 2.06. The smallest absolute Gasteiger partial charge is 0.249 e. The van der Waals surface area contributed by atoms with Crippen LogP contribution < -0.4 is 16.8 Å². The van der Waals surface area contributed by atoms with Gasteiger partial charge < -0.3 is 16.8 Å². The number of benzene rings is 1. The Morgan fingerprint density at radius 2 is 1.80 bits per heavy atom. The minimum Gasteiger partial charge on any atom is -0.370 e. The first-order chi connectivity index (χ1) is 9.31. The molecule has 1 rings (SSSR count). The molecule has 110 valence electrons. The molecule has 0 bridgehead atoms. The molecule has 1 aromatic rings. The summed E-state index contributed by atoms with van der Waals surface area (Å²) >= 11 is 0. The summed E-state index contributed by atoms with van der Waals surface area (Å²) in [4.78, 5) is 16.4. The summed E-state index contributed by atoms with van der Waals surface area (Å²) in [5, 5.41) is 2.93. The van der Waals surface area contributed by atoms with Crippen LogP contribution in [-0.2, 0) is 4.79 Å². The van der Waals surface area contributed by atoms with E-state index < -0.39 is 6.04 Å². The van der Waals surface area contributed by atoms with Crippen LogP contribution in [0, 0.1) is 19.8 Å². The third-order valence-electron chi connectivity index (χ3n) is 3.03. The molecule has 5 N–H and O–H groups in total. The maximum Gasteiger partial charge on any atom is 0.249 e. The van der Waals surface area contributed by atoms with Gasteiger partial charge in [0.05, 0.1) is 0 Å². The van der Waals surface area contributed by atoms with Crippen molar-refractivity contribution in [2.45, 2.75) is 40.2 Å². The summed E-state index contributed by atoms with van der Waals surface area (Å²) < 4.78 is 0. The molecule has 1 aromatic carbocycles. The SMILES string of the molecule is Cc1cccc(C)c1NC(=O)[C@H](CC(C)C)N=C(N)N. The predicted octanol–water partition coefficient (Wildman–Crippen LogP) is 1.93. The summed E-state index contributed by atoms with van der Waals surface area (Å²) in [6.45, 7) is 7.98. The van der Waals surface area contributed by atoms with Gasteiger partial charge in [-0.1, -0.05) is 32.0 Å². The molecule has 1 amide bonds. The second kappa shape index (κ2) is 6.93. The first-order valence-corrected chi connectivity index (χ1v) is 6.77. The van der Waals surface area contributed by atoms with Crippen molar-refractivity contribution in [3.63, 3.8) is 0 Å². The summed E-state index contributed by atoms with van der Waals surface area (Å²) in [5.74, 6) is 0.0867. The van der Waals surface area contributed by atoms with Gasteiger partial charge in [-0.15, -0.1) is 0 Å². The number of nitrogens with two attached hydrogens (primary N) is 2. The zero-order valence-corrected chi connectivity index (χ0v) is 12.6. The Morgan fingerprint density at radius 3 is 2.25 bits per heavy atom. The molecule has 0 spiro atoms. The van der Waals surface area contributed by atoms with Crippen molar-refractivity contribution < 1.29 is 4.79 Å². The lowest BCUT2D eigenvalue weighted by molar-refractivity contribution is -0.117. The number of anilines is 1. The Labute approximate surface area is 120 Å². The van der Waals surface area contributed by atoms with Crippen molar-refractivity contribution >= 4 is 17.6 Å². The van der Waals surface area contributed by atoms with E-state index in [0.29, 0.717) is 12.3 Å². The van der Waals surface area contributed by atoms with Gasteiger partial charge in [-0.05, 0) is 37.3 Å². The molecular formula is C15H24N4O. The number of amides is 1. The quantitative estimate of drug-likeness (QED) is 0.566. The number of guanidine groups is 1. The second-order valence-electron chi connectivity index (χ2n) is 5.46. The molecule has 1 atom stereocenters. The molecule has 0 saturated carbocycles. The molecule has 0 saturated heterocycles. The number of rotatable bonds is 5. The second-order valence-corrected chi connectivity index (χ2v) is 5.46. The zero-order chi connectivity index (χ0) is 15.3. The van der Waals surface area contributed by atoms with Crippen LogP contribution in [0.5, 0.6) is 0 Å². The molecule has 5 heteroatoms. The Hall–Kier alpha value is -2.04. The number of carbonyl (C=O) groups excluding carboxylic acids is 1. The van der Waals surface area contributed by atoms with E-state index in [0.717, 1.165) is 16.8 Å². The molecule has 0 aliphatic rings. The average molecular weight is 276 g/mol. The lowest BCUT2D eigenvalue weighted by Crippen LogP contribution is -2.33. The molecule has 0 aliphatic heterocycles. The predicted molar refractivity (Wildman–Crippen MR) is 83.6 cm³/mol. The van der Waals surface area contributed by atoms with Crippen LogP contribution in [0.1, 0.15) is 31.4 Å². The molecule has 0 unspecified atom stereocenters. The normalized spacial score (nSPS) is 12.1. The Kier molecular flexibility index (Phi) is 5.55. The Bertz CT molecular complexity index is 484. The Balaban J connectivity index is 2.93. The van der Waals surface area contributed by atoms with E-state index in [1.54, 1.807) is 0 Å². The van der Waals surface area contributed by atoms with Gasteiger partial charge in [0.25, 0.3) is 0 Å². The van der Waals surface area contributed by atoms with Crippen molar-refractivity contribution in [2.75, 3.05) is 5.32 Å². The first kappa shape index (κ1) is 16.0. The number of nitrogens with zero attached hydrogens (tertiary/aromatic N) is 1. The van der Waals surface area contributed by atoms with Gasteiger partial charge in [0.1, 0.15) is 6.04 Å². The van der Waals surface area contributed by atoms with E-state index in [9.17, 15) is 4.79 Å². The number of nitrogens with one attached hydrogen (secondary N) is 1. The van der Waals surface area contributed by atoms with Crippen molar-refractivity contribution in [3.8, 4) is 0 Å². The minimum absolute atomic E-state index is 0.0627. The number of hydrogen-bond donors (Lipinski definition) is 3. The molecule has 20 heavy (non-hydrogen) atoms. The maximum absolute atomic E-state index is 12.4. The Morgan fingerprint density at radius 1 is 1.25 bits per heavy atom. The van der Waals surface area contributed by atoms with E-state index in [1.165, 1.54) is 0 Å². The van der Waals surface area contributed by atoms with E-state index >= 15 is 0 Å². The fraction of sp³-hybridized carbons (Fsp3) is 0.467. The largest absolute Gasteiger partial charge is 0.370 e. The molecule has 5 nitrogen and oxygen atoms in total. The number of para-hydroxylation sites is 1. The number of hydrogen-bond acceptors (Lipinski definition) is 2. The number of carbonyl (C=O) groups is 1. The molecular weight excluding hydrogens is 252 g/mol. The van der Waals surface area contributed by atoms with Gasteiger partial charge in [0.15, 0.2) is 5.96 Å². The van der Waals surface area contributed by atoms with E-state index in [1.807, 2.05) is 45.9 Å². The first-order valence-electron chi connectivity index (χ1n) is 6.77. The van der Waals surface area contributed by atoms with Gasteiger partial charge in [-0.3, -0.25) is 4.79 Å². The average Bonchev–Trinajstić information content (AvgIpc) is 2.31. The van der Waals surface area contributed by atoms with Crippen LogP contribution in [0.25, 0.3) is 0 Å². The van der Waals surface area contributed by atoms with E-state index in [-0.39, 0.29) is 11.9 Å². The third-order valence-corrected chi connectivity index (χ3v) is 3.03. The highest BCUT2D eigenvalue weighted by molar-refractivity contribution is 5.97. The lowest BCUT2D eigenvalue weighted by atomic mass is 10.0. The number of aliphatic imine (C=N–C) groups is 1. The summed E-state index contributed by atoms with van der Waals surface area (Å²) in [6.07, 6.45) is 0.606. The highest BCUT2D eigenvalue weighted by Gasteiger charge is 2.20. The summed E-state index contributed by atoms with van der Waals surface area (Å²) in [6, 6.07) is 5.32. The van der Waals surface area contributed by atoms with Crippen LogP contribution in [0.4, 0.5) is 5.69 Å². The molecule has 0 radical (unpaired) electrons. The maximum atomic E-state index is 12.4. The highest BCUT2D eigenvalue weighted by atomic mass is 16.2. The van der Waals surface area contributed by atoms with Gasteiger partial charge in [0, 0.05) is 5.69 Å². The van der Waals surface area contributed by atoms with Gasteiger partial charge in [-0.25, -0.2) is 4.99 Å². The third kappa shape index (κ3) is 4.57. The minimum atomic E-state index is -0.556. The molecule has 0 heterocycles. The van der Waals surface area contributed by atoms with Crippen LogP contribution in [0.2, 0.25) is 0 Å². The van der Waals surface area contributed by atoms with Crippen LogP contribution in [0.15, 0.2) is 23.2 Å². The molecule has 0 aromatic heterocycles. The summed E-state index contributed by atoms with van der Waals surface area (Å²) in [7, 11) is 0. The van der Waals surface area contributed by atoms with Crippen molar-refractivity contribution in [1.82, 2.24) is 0 Å². The fourth-order valence-electron chi connectivity index (χ4n) is 2.06. The van der Waals surface area contributed by atoms with E-state index in [4.69, 9.17) is 11.5 Å². The van der Waals surface area contributed by atoms with Gasteiger partial charge >= 0.3 is 0 Å². The van der Waals surface area contributed by atoms with Crippen LogP contribution >= 0.6 is 0 Å². The van der Waals surface area contributed by atoms with Crippen LogP contribution in [-0.4, -0.2) is 17.9 Å². The molecule has 0 fully saturated rings. The zero-order valence-electron chi connectivity index (χ0n) is 12.6. The van der Waals surface area contributed by atoms with Gasteiger partial charge in [-0.2, -0.15) is 0 Å². The van der Waals surface area contributed by atoms with Crippen molar-refractivity contribution in [2.24, 2.45) is 22.4 Å². The summed E-state index contributed by atoms with van der Waals surface area (Å²) in [5.41, 5.74) is 13.7. The molecule has 0 aliphatic carbocycles.